The van der Waals surface area contributed by atoms with Gasteiger partial charge in [0.1, 0.15) is 12.1 Å². The van der Waals surface area contributed by atoms with Crippen LogP contribution in [0.2, 0.25) is 0 Å². The molecular formula is C14H13N5O. The largest absolute Gasteiger partial charge is 0.312 e. The smallest absolute Gasteiger partial charge is 0.237 e. The highest BCUT2D eigenvalue weighted by Gasteiger charge is 2.23. The van der Waals surface area contributed by atoms with Crippen molar-refractivity contribution in [3.8, 4) is 12.1 Å². The minimum absolute atomic E-state index is 0.114. The fourth-order valence-corrected chi connectivity index (χ4v) is 2.13. The first kappa shape index (κ1) is 13.6. The molecule has 1 aliphatic rings. The van der Waals surface area contributed by atoms with Gasteiger partial charge in [-0.2, -0.15) is 15.6 Å². The lowest BCUT2D eigenvalue weighted by Crippen LogP contribution is -2.24. The van der Waals surface area contributed by atoms with E-state index in [9.17, 15) is 4.79 Å². The standard InChI is InChI=1S/C14H13N5O/c1-10-12(18-17-11(8-15)9-16)4-2-5-13(10)19-7-3-6-14(19)20/h2,4-5,18H,3,6-7H2,1H3. The molecule has 0 spiro atoms. The molecule has 100 valence electrons. The molecule has 0 radical (unpaired) electrons. The number of amides is 1. The molecule has 0 aromatic heterocycles. The lowest BCUT2D eigenvalue weighted by Gasteiger charge is -2.19. The van der Waals surface area contributed by atoms with Gasteiger partial charge < -0.3 is 4.90 Å². The molecule has 1 saturated heterocycles. The van der Waals surface area contributed by atoms with Gasteiger partial charge in [0, 0.05) is 18.7 Å². The van der Waals surface area contributed by atoms with Crippen LogP contribution in [0, 0.1) is 29.6 Å². The summed E-state index contributed by atoms with van der Waals surface area (Å²) in [7, 11) is 0. The fraction of sp³-hybridized carbons (Fsp3) is 0.286. The van der Waals surface area contributed by atoms with E-state index in [0.717, 1.165) is 17.7 Å². The predicted molar refractivity (Wildman–Crippen MR) is 75.0 cm³/mol. The minimum atomic E-state index is -0.243. The molecular weight excluding hydrogens is 254 g/mol. The van der Waals surface area contributed by atoms with E-state index in [1.807, 2.05) is 19.1 Å². The lowest BCUT2D eigenvalue weighted by atomic mass is 10.1. The summed E-state index contributed by atoms with van der Waals surface area (Å²) < 4.78 is 0. The number of benzene rings is 1. The number of nitrogens with zero attached hydrogens (tertiary/aromatic N) is 4. The van der Waals surface area contributed by atoms with Crippen molar-refractivity contribution in [3.05, 3.63) is 23.8 Å². The molecule has 1 heterocycles. The van der Waals surface area contributed by atoms with Crippen LogP contribution in [0.15, 0.2) is 23.3 Å². The molecule has 2 rings (SSSR count). The van der Waals surface area contributed by atoms with Gasteiger partial charge in [-0.05, 0) is 31.0 Å². The summed E-state index contributed by atoms with van der Waals surface area (Å²) >= 11 is 0. The molecule has 0 atom stereocenters. The van der Waals surface area contributed by atoms with Crippen LogP contribution in [0.5, 0.6) is 0 Å². The summed E-state index contributed by atoms with van der Waals surface area (Å²) in [5.74, 6) is 0.114. The number of carbonyl (C=O) groups excluding carboxylic acids is 1. The Morgan fingerprint density at radius 2 is 2.15 bits per heavy atom. The Morgan fingerprint density at radius 1 is 1.40 bits per heavy atom. The van der Waals surface area contributed by atoms with Gasteiger partial charge >= 0.3 is 0 Å². The van der Waals surface area contributed by atoms with Crippen LogP contribution in [0.1, 0.15) is 18.4 Å². The average Bonchev–Trinajstić information content (AvgIpc) is 2.87. The number of hydrogen-bond acceptors (Lipinski definition) is 5. The molecule has 0 aliphatic carbocycles. The molecule has 1 aliphatic heterocycles. The molecule has 1 amide bonds. The molecule has 1 fully saturated rings. The molecule has 0 bridgehead atoms. The van der Waals surface area contributed by atoms with E-state index in [-0.39, 0.29) is 11.6 Å². The summed E-state index contributed by atoms with van der Waals surface area (Å²) in [6.45, 7) is 2.59. The Kier molecular flexibility index (Phi) is 3.97. The average molecular weight is 267 g/mol. The summed E-state index contributed by atoms with van der Waals surface area (Å²) in [6, 6.07) is 8.83. The van der Waals surface area contributed by atoms with E-state index in [4.69, 9.17) is 10.5 Å². The van der Waals surface area contributed by atoms with Gasteiger partial charge in [-0.3, -0.25) is 10.2 Å². The predicted octanol–water partition coefficient (Wildman–Crippen LogP) is 1.94. The zero-order valence-electron chi connectivity index (χ0n) is 11.1. The Bertz CT molecular complexity index is 635. The van der Waals surface area contributed by atoms with Gasteiger partial charge in [0.2, 0.25) is 11.6 Å². The Balaban J connectivity index is 2.29. The molecule has 1 aromatic carbocycles. The maximum Gasteiger partial charge on any atom is 0.237 e. The van der Waals surface area contributed by atoms with Crippen LogP contribution < -0.4 is 10.3 Å². The Morgan fingerprint density at radius 3 is 2.75 bits per heavy atom. The maximum absolute atomic E-state index is 11.8. The number of anilines is 2. The van der Waals surface area contributed by atoms with Crippen molar-refractivity contribution >= 4 is 23.0 Å². The number of rotatable bonds is 3. The first-order valence-corrected chi connectivity index (χ1v) is 6.21. The minimum Gasteiger partial charge on any atom is -0.312 e. The molecule has 1 aromatic rings. The number of carbonyl (C=O) groups is 1. The SMILES string of the molecule is Cc1c(NN=C(C#N)C#N)cccc1N1CCCC1=O. The summed E-state index contributed by atoms with van der Waals surface area (Å²) in [6.07, 6.45) is 1.43. The topological polar surface area (TPSA) is 92.3 Å². The van der Waals surface area contributed by atoms with Crippen molar-refractivity contribution in [3.63, 3.8) is 0 Å². The third-order valence-electron chi connectivity index (χ3n) is 3.17. The van der Waals surface area contributed by atoms with Crippen molar-refractivity contribution in [2.75, 3.05) is 16.9 Å². The molecule has 1 N–H and O–H groups in total. The van der Waals surface area contributed by atoms with Crippen LogP contribution in [0.3, 0.4) is 0 Å². The third kappa shape index (κ3) is 2.60. The van der Waals surface area contributed by atoms with Gasteiger partial charge in [0.05, 0.1) is 5.69 Å². The first-order chi connectivity index (χ1) is 9.67. The van der Waals surface area contributed by atoms with Crippen molar-refractivity contribution in [2.24, 2.45) is 5.10 Å². The van der Waals surface area contributed by atoms with Crippen molar-refractivity contribution in [2.45, 2.75) is 19.8 Å². The molecule has 6 heteroatoms. The summed E-state index contributed by atoms with van der Waals surface area (Å²) in [5.41, 5.74) is 4.83. The van der Waals surface area contributed by atoms with E-state index in [2.05, 4.69) is 10.5 Å². The van der Waals surface area contributed by atoms with Gasteiger partial charge in [0.25, 0.3) is 0 Å². The number of nitrogens with one attached hydrogen (secondary N) is 1. The lowest BCUT2D eigenvalue weighted by molar-refractivity contribution is -0.117. The van der Waals surface area contributed by atoms with Gasteiger partial charge in [0.15, 0.2) is 0 Å². The zero-order chi connectivity index (χ0) is 14.5. The van der Waals surface area contributed by atoms with Gasteiger partial charge in [-0.15, -0.1) is 0 Å². The number of hydrazone groups is 1. The summed E-state index contributed by atoms with van der Waals surface area (Å²) in [4.78, 5) is 13.5. The highest BCUT2D eigenvalue weighted by atomic mass is 16.2. The van der Waals surface area contributed by atoms with E-state index in [1.54, 1.807) is 23.1 Å². The van der Waals surface area contributed by atoms with Crippen LogP contribution in [-0.4, -0.2) is 18.2 Å². The van der Waals surface area contributed by atoms with E-state index >= 15 is 0 Å². The van der Waals surface area contributed by atoms with Crippen LogP contribution in [0.25, 0.3) is 0 Å². The first-order valence-electron chi connectivity index (χ1n) is 6.21. The van der Waals surface area contributed by atoms with Crippen LogP contribution in [-0.2, 0) is 4.79 Å². The maximum atomic E-state index is 11.8. The van der Waals surface area contributed by atoms with E-state index in [1.165, 1.54) is 0 Å². The monoisotopic (exact) mass is 267 g/mol. The summed E-state index contributed by atoms with van der Waals surface area (Å²) in [5, 5.41) is 21.0. The Labute approximate surface area is 116 Å². The van der Waals surface area contributed by atoms with Gasteiger partial charge in [-0.1, -0.05) is 6.07 Å². The van der Waals surface area contributed by atoms with Crippen molar-refractivity contribution < 1.29 is 4.79 Å². The van der Waals surface area contributed by atoms with Crippen LogP contribution in [0.4, 0.5) is 11.4 Å². The zero-order valence-corrected chi connectivity index (χ0v) is 11.1. The van der Waals surface area contributed by atoms with Gasteiger partial charge in [-0.25, -0.2) is 0 Å². The normalized spacial score (nSPS) is 13.6. The highest BCUT2D eigenvalue weighted by molar-refractivity contribution is 6.10. The molecule has 20 heavy (non-hydrogen) atoms. The second kappa shape index (κ2) is 5.85. The van der Waals surface area contributed by atoms with Crippen molar-refractivity contribution in [1.82, 2.24) is 0 Å². The van der Waals surface area contributed by atoms with Crippen molar-refractivity contribution in [1.29, 1.82) is 10.5 Å². The second-order valence-electron chi connectivity index (χ2n) is 4.39. The molecule has 0 unspecified atom stereocenters. The fourth-order valence-electron chi connectivity index (χ4n) is 2.13. The number of nitriles is 2. The van der Waals surface area contributed by atoms with E-state index in [0.29, 0.717) is 18.7 Å². The van der Waals surface area contributed by atoms with E-state index < -0.39 is 0 Å². The quantitative estimate of drug-likeness (QED) is 0.669. The second-order valence-corrected chi connectivity index (χ2v) is 4.39. The third-order valence-corrected chi connectivity index (χ3v) is 3.17. The van der Waals surface area contributed by atoms with Crippen LogP contribution >= 0.6 is 0 Å². The Hall–Kier alpha value is -2.86. The highest BCUT2D eigenvalue weighted by Crippen LogP contribution is 2.29. The molecule has 0 saturated carbocycles. The molecule has 6 nitrogen and oxygen atoms in total. The number of hydrogen-bond donors (Lipinski definition) is 1.